The van der Waals surface area contributed by atoms with E-state index in [4.69, 9.17) is 0 Å². The normalized spacial score (nSPS) is 16.9. The lowest BCUT2D eigenvalue weighted by Crippen LogP contribution is -2.12. The molecule has 0 fully saturated rings. The van der Waals surface area contributed by atoms with Crippen molar-refractivity contribution in [1.29, 1.82) is 0 Å². The zero-order chi connectivity index (χ0) is 13.8. The molecule has 1 unspecified atom stereocenters. The summed E-state index contributed by atoms with van der Waals surface area (Å²) < 4.78 is 0. The third-order valence-electron chi connectivity index (χ3n) is 4.08. The fraction of sp³-hybridized carbons (Fsp3) is 0.389. The van der Waals surface area contributed by atoms with Crippen molar-refractivity contribution in [3.63, 3.8) is 0 Å². The Morgan fingerprint density at radius 3 is 2.85 bits per heavy atom. The van der Waals surface area contributed by atoms with E-state index in [2.05, 4.69) is 17.1 Å². The van der Waals surface area contributed by atoms with Crippen LogP contribution in [0.4, 0.5) is 0 Å². The molecule has 2 nitrogen and oxygen atoms in total. The summed E-state index contributed by atoms with van der Waals surface area (Å²) >= 11 is 0. The smallest absolute Gasteiger partial charge is 0.0704 e. The number of aromatic nitrogens is 1. The Morgan fingerprint density at radius 1 is 1.10 bits per heavy atom. The Morgan fingerprint density at radius 2 is 2.00 bits per heavy atom. The van der Waals surface area contributed by atoms with Crippen molar-refractivity contribution >= 4 is 10.9 Å². The number of aliphatic hydroxyl groups is 1. The zero-order valence-electron chi connectivity index (χ0n) is 11.8. The van der Waals surface area contributed by atoms with Crippen LogP contribution in [-0.2, 0) is 6.42 Å². The van der Waals surface area contributed by atoms with Crippen LogP contribution in [0.25, 0.3) is 10.9 Å². The van der Waals surface area contributed by atoms with Gasteiger partial charge in [-0.15, -0.1) is 0 Å². The number of aliphatic hydroxyl groups excluding tert-OH is 1. The molecule has 2 heteroatoms. The number of pyridine rings is 1. The second-order valence-electron chi connectivity index (χ2n) is 5.66. The van der Waals surface area contributed by atoms with E-state index in [0.29, 0.717) is 6.42 Å². The monoisotopic (exact) mass is 267 g/mol. The summed E-state index contributed by atoms with van der Waals surface area (Å²) in [7, 11) is 0. The van der Waals surface area contributed by atoms with Crippen molar-refractivity contribution in [2.24, 2.45) is 0 Å². The van der Waals surface area contributed by atoms with E-state index in [-0.39, 0.29) is 6.10 Å². The summed E-state index contributed by atoms with van der Waals surface area (Å²) in [6, 6.07) is 10.2. The van der Waals surface area contributed by atoms with Gasteiger partial charge in [-0.25, -0.2) is 0 Å². The number of benzene rings is 1. The molecule has 1 atom stereocenters. The first-order valence-electron chi connectivity index (χ1n) is 7.51. The largest absolute Gasteiger partial charge is 0.392 e. The van der Waals surface area contributed by atoms with Gasteiger partial charge in [0.15, 0.2) is 0 Å². The van der Waals surface area contributed by atoms with Gasteiger partial charge in [-0.2, -0.15) is 0 Å². The first-order chi connectivity index (χ1) is 9.83. The molecular weight excluding hydrogens is 246 g/mol. The van der Waals surface area contributed by atoms with E-state index in [1.807, 2.05) is 30.5 Å². The number of para-hydroxylation sites is 1. The minimum Gasteiger partial charge on any atom is -0.392 e. The number of nitrogens with zero attached hydrogens (tertiary/aromatic N) is 1. The van der Waals surface area contributed by atoms with E-state index in [9.17, 15) is 5.11 Å². The predicted octanol–water partition coefficient (Wildman–Crippen LogP) is 4.03. The molecule has 0 bridgehead atoms. The van der Waals surface area contributed by atoms with Crippen molar-refractivity contribution < 1.29 is 5.11 Å². The minimum absolute atomic E-state index is 0.287. The number of fused-ring (bicyclic) bond motifs is 1. The average molecular weight is 267 g/mol. The molecule has 1 aromatic carbocycles. The maximum atomic E-state index is 10.4. The van der Waals surface area contributed by atoms with Gasteiger partial charge in [0.25, 0.3) is 0 Å². The number of allylic oxidation sites excluding steroid dienone is 1. The maximum Gasteiger partial charge on any atom is 0.0704 e. The molecule has 1 aliphatic carbocycles. The molecular formula is C18H21NO. The van der Waals surface area contributed by atoms with Gasteiger partial charge in [-0.1, -0.05) is 29.8 Å². The highest BCUT2D eigenvalue weighted by Crippen LogP contribution is 2.24. The summed E-state index contributed by atoms with van der Waals surface area (Å²) in [6.07, 6.45) is 10.3. The number of hydrogen-bond acceptors (Lipinski definition) is 2. The molecule has 104 valence electrons. The molecule has 0 saturated carbocycles. The molecule has 3 rings (SSSR count). The van der Waals surface area contributed by atoms with Crippen LogP contribution in [0.5, 0.6) is 0 Å². The molecule has 2 aromatic rings. The molecule has 20 heavy (non-hydrogen) atoms. The summed E-state index contributed by atoms with van der Waals surface area (Å²) in [5.74, 6) is 0. The van der Waals surface area contributed by atoms with E-state index < -0.39 is 0 Å². The summed E-state index contributed by atoms with van der Waals surface area (Å²) in [6.45, 7) is 0. The maximum absolute atomic E-state index is 10.4. The topological polar surface area (TPSA) is 33.1 Å². The highest BCUT2D eigenvalue weighted by atomic mass is 16.3. The molecule has 0 saturated heterocycles. The van der Waals surface area contributed by atoms with E-state index in [1.165, 1.54) is 30.4 Å². The standard InChI is InChI=1S/C18H21NO/c20-16(12-14-6-2-1-3-7-14)13-15-10-11-19-18-9-5-4-8-17(15)18/h4-6,8-11,16,20H,1-3,7,12-13H2. The van der Waals surface area contributed by atoms with Crippen LogP contribution in [0, 0.1) is 0 Å². The van der Waals surface area contributed by atoms with Crippen LogP contribution < -0.4 is 0 Å². The summed E-state index contributed by atoms with van der Waals surface area (Å²) in [5, 5.41) is 11.5. The molecule has 1 aromatic heterocycles. The lowest BCUT2D eigenvalue weighted by Gasteiger charge is -2.17. The van der Waals surface area contributed by atoms with Gasteiger partial charge in [0.05, 0.1) is 11.6 Å². The van der Waals surface area contributed by atoms with Crippen LogP contribution in [-0.4, -0.2) is 16.2 Å². The second kappa shape index (κ2) is 6.19. The minimum atomic E-state index is -0.287. The zero-order valence-corrected chi connectivity index (χ0v) is 11.8. The molecule has 0 amide bonds. The highest BCUT2D eigenvalue weighted by Gasteiger charge is 2.12. The van der Waals surface area contributed by atoms with Gasteiger partial charge in [0, 0.05) is 11.6 Å². The Labute approximate surface area is 120 Å². The average Bonchev–Trinajstić information content (AvgIpc) is 2.48. The summed E-state index contributed by atoms with van der Waals surface area (Å²) in [5.41, 5.74) is 3.63. The second-order valence-corrected chi connectivity index (χ2v) is 5.66. The van der Waals surface area contributed by atoms with Crippen molar-refractivity contribution in [3.05, 3.63) is 53.7 Å². The quantitative estimate of drug-likeness (QED) is 0.848. The first kappa shape index (κ1) is 13.3. The third kappa shape index (κ3) is 3.07. The Hall–Kier alpha value is -1.67. The highest BCUT2D eigenvalue weighted by molar-refractivity contribution is 5.81. The lowest BCUT2D eigenvalue weighted by molar-refractivity contribution is 0.174. The van der Waals surface area contributed by atoms with Gasteiger partial charge in [-0.05, 0) is 56.2 Å². The fourth-order valence-electron chi connectivity index (χ4n) is 3.05. The molecule has 1 N–H and O–H groups in total. The van der Waals surface area contributed by atoms with Crippen molar-refractivity contribution in [2.75, 3.05) is 0 Å². The molecule has 1 aliphatic rings. The number of rotatable bonds is 4. The van der Waals surface area contributed by atoms with Gasteiger partial charge >= 0.3 is 0 Å². The fourth-order valence-corrected chi connectivity index (χ4v) is 3.05. The van der Waals surface area contributed by atoms with Crippen molar-refractivity contribution in [1.82, 2.24) is 4.98 Å². The number of hydrogen-bond donors (Lipinski definition) is 1. The Bertz CT molecular complexity index is 612. The van der Waals surface area contributed by atoms with Crippen LogP contribution in [0.1, 0.15) is 37.7 Å². The molecule has 0 spiro atoms. The van der Waals surface area contributed by atoms with Crippen molar-refractivity contribution in [3.8, 4) is 0 Å². The summed E-state index contributed by atoms with van der Waals surface area (Å²) in [4.78, 5) is 4.37. The van der Waals surface area contributed by atoms with Crippen LogP contribution in [0.3, 0.4) is 0 Å². The SMILES string of the molecule is OC(CC1=CCCCC1)Cc1ccnc2ccccc12. The third-order valence-corrected chi connectivity index (χ3v) is 4.08. The Balaban J connectivity index is 1.74. The molecule has 0 aliphatic heterocycles. The van der Waals surface area contributed by atoms with E-state index >= 15 is 0 Å². The van der Waals surface area contributed by atoms with E-state index in [0.717, 1.165) is 23.7 Å². The van der Waals surface area contributed by atoms with Crippen LogP contribution >= 0.6 is 0 Å². The lowest BCUT2D eigenvalue weighted by atomic mass is 9.92. The van der Waals surface area contributed by atoms with Gasteiger partial charge in [0.2, 0.25) is 0 Å². The van der Waals surface area contributed by atoms with Crippen LogP contribution in [0.15, 0.2) is 48.2 Å². The Kier molecular flexibility index (Phi) is 4.12. The molecule has 1 heterocycles. The van der Waals surface area contributed by atoms with Crippen molar-refractivity contribution in [2.45, 2.75) is 44.6 Å². The molecule has 0 radical (unpaired) electrons. The van der Waals surface area contributed by atoms with Crippen LogP contribution in [0.2, 0.25) is 0 Å². The van der Waals surface area contributed by atoms with Gasteiger partial charge in [-0.3, -0.25) is 4.98 Å². The first-order valence-corrected chi connectivity index (χ1v) is 7.51. The van der Waals surface area contributed by atoms with E-state index in [1.54, 1.807) is 0 Å². The van der Waals surface area contributed by atoms with Gasteiger partial charge in [0.1, 0.15) is 0 Å². The van der Waals surface area contributed by atoms with Gasteiger partial charge < -0.3 is 5.11 Å². The predicted molar refractivity (Wildman–Crippen MR) is 82.6 cm³/mol.